The number of aliphatic hydroxyl groups excluding tert-OH is 2. The van der Waals surface area contributed by atoms with E-state index in [1.54, 1.807) is 5.32 Å². The Kier molecular flexibility index (Phi) is 12.6. The summed E-state index contributed by atoms with van der Waals surface area (Å²) in [6.45, 7) is 0.500. The van der Waals surface area contributed by atoms with Gasteiger partial charge in [-0.15, -0.1) is 0 Å². The molecule has 14 heavy (non-hydrogen) atoms. The largest absolute Gasteiger partial charge is 0.396 e. The third-order valence-electron chi connectivity index (χ3n) is 1.06. The molecule has 0 saturated carbocycles. The first-order chi connectivity index (χ1) is 6.54. The van der Waals surface area contributed by atoms with Crippen molar-refractivity contribution in [1.29, 1.82) is 0 Å². The van der Waals surface area contributed by atoms with Crippen LogP contribution < -0.4 is 16.8 Å². The van der Waals surface area contributed by atoms with Gasteiger partial charge in [-0.3, -0.25) is 5.32 Å². The van der Waals surface area contributed by atoms with Crippen molar-refractivity contribution >= 4 is 12.1 Å². The maximum absolute atomic E-state index is 9.62. The number of aliphatic hydroxyl groups is 2. The third-order valence-corrected chi connectivity index (χ3v) is 1.06. The molecule has 0 aromatic heterocycles. The molecule has 0 spiro atoms. The van der Waals surface area contributed by atoms with Gasteiger partial charge in [0.15, 0.2) is 0 Å². The van der Waals surface area contributed by atoms with E-state index in [4.69, 9.17) is 10.2 Å². The Morgan fingerprint density at radius 2 is 1.29 bits per heavy atom. The summed E-state index contributed by atoms with van der Waals surface area (Å²) in [5.41, 5.74) is 8.88. The second-order valence-corrected chi connectivity index (χ2v) is 2.36. The summed E-state index contributed by atoms with van der Waals surface area (Å²) in [6.07, 6.45) is 2.58. The molecule has 0 heterocycles. The van der Waals surface area contributed by atoms with Gasteiger partial charge in [0.2, 0.25) is 0 Å². The average molecular weight is 207 g/mol. The number of nitrogens with two attached hydrogens (primary N) is 2. The number of nitrogens with one attached hydrogen (secondary N) is 1. The summed E-state index contributed by atoms with van der Waals surface area (Å²) < 4.78 is 0. The van der Waals surface area contributed by atoms with E-state index >= 15 is 0 Å². The minimum atomic E-state index is -0.938. The number of carbonyl (C=O) groups excluding carboxylic acids is 2. The second kappa shape index (κ2) is 11.7. The second-order valence-electron chi connectivity index (χ2n) is 2.36. The van der Waals surface area contributed by atoms with Crippen LogP contribution in [-0.2, 0) is 0 Å². The molecule has 0 aliphatic heterocycles. The standard InChI is InChI=1S/C5H12O2.C2H5N3O2/c6-4-2-1-3-5-7;3-1(6)5-2(4)7/h6-7H,1-5H2;(H5,3,4,5,6,7). The first-order valence-corrected chi connectivity index (χ1v) is 4.12. The van der Waals surface area contributed by atoms with Crippen molar-refractivity contribution < 1.29 is 19.8 Å². The zero-order chi connectivity index (χ0) is 11.4. The van der Waals surface area contributed by atoms with Crippen molar-refractivity contribution in [2.75, 3.05) is 13.2 Å². The number of hydrogen-bond acceptors (Lipinski definition) is 4. The first-order valence-electron chi connectivity index (χ1n) is 4.12. The molecule has 0 aliphatic carbocycles. The highest BCUT2D eigenvalue weighted by Crippen LogP contribution is 1.90. The lowest BCUT2D eigenvalue weighted by atomic mass is 10.2. The minimum absolute atomic E-state index is 0.250. The lowest BCUT2D eigenvalue weighted by Crippen LogP contribution is -2.38. The number of amides is 4. The molecule has 0 radical (unpaired) electrons. The summed E-state index contributed by atoms with van der Waals surface area (Å²) in [5, 5.41) is 18.0. The van der Waals surface area contributed by atoms with E-state index in [-0.39, 0.29) is 13.2 Å². The summed E-state index contributed by atoms with van der Waals surface area (Å²) in [5.74, 6) is 0. The van der Waals surface area contributed by atoms with Gasteiger partial charge in [0.1, 0.15) is 0 Å². The van der Waals surface area contributed by atoms with E-state index in [1.807, 2.05) is 0 Å². The number of imide groups is 1. The van der Waals surface area contributed by atoms with Gasteiger partial charge in [0.25, 0.3) is 0 Å². The van der Waals surface area contributed by atoms with Gasteiger partial charge < -0.3 is 21.7 Å². The highest BCUT2D eigenvalue weighted by Gasteiger charge is 1.92. The van der Waals surface area contributed by atoms with Crippen LogP contribution in [-0.4, -0.2) is 35.5 Å². The SMILES string of the molecule is NC(=O)NC(N)=O.OCCCCCO. The average Bonchev–Trinajstić information content (AvgIpc) is 2.04. The molecule has 7 N–H and O–H groups in total. The number of unbranched alkanes of at least 4 members (excludes halogenated alkanes) is 2. The van der Waals surface area contributed by atoms with Gasteiger partial charge in [0.05, 0.1) is 0 Å². The van der Waals surface area contributed by atoms with E-state index in [9.17, 15) is 9.59 Å². The molecule has 0 saturated heterocycles. The first kappa shape index (κ1) is 15.1. The quantitative estimate of drug-likeness (QED) is 0.372. The molecule has 0 aromatic carbocycles. The fourth-order valence-electron chi connectivity index (χ4n) is 0.522. The van der Waals surface area contributed by atoms with Crippen molar-refractivity contribution in [3.8, 4) is 0 Å². The van der Waals surface area contributed by atoms with E-state index in [0.29, 0.717) is 0 Å². The lowest BCUT2D eigenvalue weighted by molar-refractivity contribution is 0.236. The molecule has 0 fully saturated rings. The lowest BCUT2D eigenvalue weighted by Gasteiger charge is -1.90. The monoisotopic (exact) mass is 207 g/mol. The van der Waals surface area contributed by atoms with Crippen molar-refractivity contribution in [2.45, 2.75) is 19.3 Å². The molecule has 7 heteroatoms. The molecule has 0 aliphatic rings. The predicted molar refractivity (Wildman–Crippen MR) is 50.3 cm³/mol. The number of primary amides is 2. The molecular formula is C7H17N3O4. The van der Waals surface area contributed by atoms with Crippen molar-refractivity contribution in [2.24, 2.45) is 11.5 Å². The molecule has 84 valence electrons. The zero-order valence-corrected chi connectivity index (χ0v) is 7.90. The van der Waals surface area contributed by atoms with Crippen molar-refractivity contribution in [3.05, 3.63) is 0 Å². The molecule has 0 rings (SSSR count). The summed E-state index contributed by atoms with van der Waals surface area (Å²) in [6, 6.07) is -1.88. The van der Waals surface area contributed by atoms with E-state index in [1.165, 1.54) is 0 Å². The summed E-state index contributed by atoms with van der Waals surface area (Å²) in [7, 11) is 0. The fraction of sp³-hybridized carbons (Fsp3) is 0.714. The van der Waals surface area contributed by atoms with Crippen molar-refractivity contribution in [3.63, 3.8) is 0 Å². The Balaban J connectivity index is 0. The van der Waals surface area contributed by atoms with Crippen LogP contribution in [0.25, 0.3) is 0 Å². The molecule has 0 atom stereocenters. The summed E-state index contributed by atoms with van der Waals surface area (Å²) in [4.78, 5) is 19.2. The zero-order valence-electron chi connectivity index (χ0n) is 7.90. The Morgan fingerprint density at radius 1 is 0.929 bits per heavy atom. The van der Waals surface area contributed by atoms with Crippen LogP contribution in [0.15, 0.2) is 0 Å². The van der Waals surface area contributed by atoms with Crippen molar-refractivity contribution in [1.82, 2.24) is 5.32 Å². The molecule has 4 amide bonds. The fourth-order valence-corrected chi connectivity index (χ4v) is 0.522. The maximum atomic E-state index is 9.62. The Labute approximate surface area is 82.1 Å². The summed E-state index contributed by atoms with van der Waals surface area (Å²) >= 11 is 0. The third kappa shape index (κ3) is 22.4. The number of urea groups is 2. The molecule has 0 bridgehead atoms. The van der Waals surface area contributed by atoms with E-state index in [0.717, 1.165) is 19.3 Å². The van der Waals surface area contributed by atoms with Gasteiger partial charge >= 0.3 is 12.1 Å². The normalized spacial score (nSPS) is 8.43. The van der Waals surface area contributed by atoms with Crippen LogP contribution >= 0.6 is 0 Å². The Morgan fingerprint density at radius 3 is 1.43 bits per heavy atom. The molecule has 0 aromatic rings. The van der Waals surface area contributed by atoms with Crippen LogP contribution in [0.1, 0.15) is 19.3 Å². The van der Waals surface area contributed by atoms with Gasteiger partial charge in [-0.1, -0.05) is 0 Å². The number of rotatable bonds is 4. The van der Waals surface area contributed by atoms with Crippen LogP contribution in [0, 0.1) is 0 Å². The van der Waals surface area contributed by atoms with E-state index < -0.39 is 12.1 Å². The predicted octanol–water partition coefficient (Wildman–Crippen LogP) is -1.13. The van der Waals surface area contributed by atoms with E-state index in [2.05, 4.69) is 11.5 Å². The maximum Gasteiger partial charge on any atom is 0.320 e. The minimum Gasteiger partial charge on any atom is -0.396 e. The van der Waals surface area contributed by atoms with Gasteiger partial charge in [-0.2, -0.15) is 0 Å². The highest BCUT2D eigenvalue weighted by molar-refractivity contribution is 5.91. The molecular weight excluding hydrogens is 190 g/mol. The Hall–Kier alpha value is -1.34. The van der Waals surface area contributed by atoms with Crippen LogP contribution in [0.5, 0.6) is 0 Å². The van der Waals surface area contributed by atoms with Gasteiger partial charge in [-0.25, -0.2) is 9.59 Å². The number of hydrogen-bond donors (Lipinski definition) is 5. The topological polar surface area (TPSA) is 139 Å². The smallest absolute Gasteiger partial charge is 0.320 e. The van der Waals surface area contributed by atoms with Crippen LogP contribution in [0.3, 0.4) is 0 Å². The Bertz CT molecular complexity index is 147. The van der Waals surface area contributed by atoms with Crippen LogP contribution in [0.2, 0.25) is 0 Å². The molecule has 7 nitrogen and oxygen atoms in total. The number of carbonyl (C=O) groups is 2. The highest BCUT2D eigenvalue weighted by atomic mass is 16.3. The van der Waals surface area contributed by atoms with Gasteiger partial charge in [0, 0.05) is 13.2 Å². The molecule has 0 unspecified atom stereocenters. The van der Waals surface area contributed by atoms with Gasteiger partial charge in [-0.05, 0) is 19.3 Å². The van der Waals surface area contributed by atoms with Crippen LogP contribution in [0.4, 0.5) is 9.59 Å².